The van der Waals surface area contributed by atoms with Crippen molar-refractivity contribution in [1.29, 1.82) is 0 Å². The number of nitrogens with one attached hydrogen (secondary N) is 2. The summed E-state index contributed by atoms with van der Waals surface area (Å²) in [6.07, 6.45) is -0.592. The van der Waals surface area contributed by atoms with Gasteiger partial charge in [0.1, 0.15) is 6.61 Å². The van der Waals surface area contributed by atoms with Gasteiger partial charge in [0.25, 0.3) is 0 Å². The molecule has 0 heterocycles. The van der Waals surface area contributed by atoms with Crippen molar-refractivity contribution in [2.75, 3.05) is 6.61 Å². The van der Waals surface area contributed by atoms with E-state index in [1.807, 2.05) is 24.3 Å². The number of carbonyl (C=O) groups excluding carboxylic acids is 2. The number of benzene rings is 2. The molecule has 2 amide bonds. The first kappa shape index (κ1) is 23.3. The number of hydrogen-bond donors (Lipinski definition) is 3. The van der Waals surface area contributed by atoms with E-state index in [1.165, 1.54) is 6.92 Å². The molecular weight excluding hydrogens is 408 g/mol. The Morgan fingerprint density at radius 2 is 1.34 bits per heavy atom. The van der Waals surface area contributed by atoms with Crippen LogP contribution in [0.1, 0.15) is 44.7 Å². The molecule has 0 aromatic heterocycles. The number of ether oxygens (including phenoxy) is 1. The Bertz CT molecular complexity index is 960. The average Bonchev–Trinajstić information content (AvgIpc) is 3.10. The predicted molar refractivity (Wildman–Crippen MR) is 121 cm³/mol. The van der Waals surface area contributed by atoms with Crippen LogP contribution in [0, 0.1) is 11.8 Å². The van der Waals surface area contributed by atoms with Crippen LogP contribution in [0.3, 0.4) is 0 Å². The molecule has 1 aliphatic rings. The SMILES string of the molecule is CC(NC(=O)C(C)C(C)NC(=O)OCC1c2ccccc2-c2ccccc21)C(C)C(=O)O. The van der Waals surface area contributed by atoms with Gasteiger partial charge in [-0.25, -0.2) is 4.79 Å². The number of carboxylic acids is 1. The summed E-state index contributed by atoms with van der Waals surface area (Å²) in [6, 6.07) is 15.2. The lowest BCUT2D eigenvalue weighted by molar-refractivity contribution is -0.142. The van der Waals surface area contributed by atoms with E-state index in [0.717, 1.165) is 22.3 Å². The Labute approximate surface area is 188 Å². The maximum atomic E-state index is 12.4. The summed E-state index contributed by atoms with van der Waals surface area (Å²) in [6.45, 7) is 6.78. The van der Waals surface area contributed by atoms with Crippen molar-refractivity contribution < 1.29 is 24.2 Å². The van der Waals surface area contributed by atoms with Crippen LogP contribution >= 0.6 is 0 Å². The third-order valence-corrected chi connectivity index (χ3v) is 6.36. The van der Waals surface area contributed by atoms with Gasteiger partial charge in [0.15, 0.2) is 0 Å². The second-order valence-corrected chi connectivity index (χ2v) is 8.47. The number of alkyl carbamates (subject to hydrolysis) is 1. The van der Waals surface area contributed by atoms with E-state index in [4.69, 9.17) is 9.84 Å². The molecule has 32 heavy (non-hydrogen) atoms. The summed E-state index contributed by atoms with van der Waals surface area (Å²) in [4.78, 5) is 36.0. The van der Waals surface area contributed by atoms with E-state index >= 15 is 0 Å². The molecule has 4 unspecified atom stereocenters. The van der Waals surface area contributed by atoms with E-state index < -0.39 is 36.0 Å². The van der Waals surface area contributed by atoms with Gasteiger partial charge in [-0.15, -0.1) is 0 Å². The summed E-state index contributed by atoms with van der Waals surface area (Å²) < 4.78 is 5.53. The summed E-state index contributed by atoms with van der Waals surface area (Å²) in [5.74, 6) is -2.61. The number of carboxylic acid groups (broad SMARTS) is 1. The van der Waals surface area contributed by atoms with E-state index in [-0.39, 0.29) is 18.4 Å². The molecule has 0 aliphatic heterocycles. The van der Waals surface area contributed by atoms with Gasteiger partial charge in [-0.3, -0.25) is 9.59 Å². The van der Waals surface area contributed by atoms with Crippen LogP contribution in [0.5, 0.6) is 0 Å². The minimum atomic E-state index is -0.977. The Balaban J connectivity index is 1.56. The maximum absolute atomic E-state index is 12.4. The molecule has 1 aliphatic carbocycles. The summed E-state index contributed by atoms with van der Waals surface area (Å²) in [5.41, 5.74) is 4.56. The van der Waals surface area contributed by atoms with Crippen molar-refractivity contribution >= 4 is 18.0 Å². The first-order valence-corrected chi connectivity index (χ1v) is 10.8. The summed E-state index contributed by atoms with van der Waals surface area (Å²) >= 11 is 0. The molecule has 4 atom stereocenters. The number of rotatable bonds is 8. The Kier molecular flexibility index (Phi) is 7.18. The van der Waals surface area contributed by atoms with Crippen LogP contribution in [0.25, 0.3) is 11.1 Å². The highest BCUT2D eigenvalue weighted by Crippen LogP contribution is 2.44. The third kappa shape index (κ3) is 4.93. The zero-order valence-electron chi connectivity index (χ0n) is 18.8. The van der Waals surface area contributed by atoms with Gasteiger partial charge >= 0.3 is 12.1 Å². The molecule has 3 N–H and O–H groups in total. The predicted octanol–water partition coefficient (Wildman–Crippen LogP) is 3.78. The second kappa shape index (κ2) is 9.85. The largest absolute Gasteiger partial charge is 0.481 e. The number of aliphatic carboxylic acids is 1. The molecule has 3 rings (SSSR count). The highest BCUT2D eigenvalue weighted by molar-refractivity contribution is 5.81. The fraction of sp³-hybridized carbons (Fsp3) is 0.400. The molecule has 2 aromatic rings. The van der Waals surface area contributed by atoms with E-state index in [9.17, 15) is 14.4 Å². The lowest BCUT2D eigenvalue weighted by Crippen LogP contribution is -2.48. The molecule has 7 nitrogen and oxygen atoms in total. The van der Waals surface area contributed by atoms with Gasteiger partial charge in [0, 0.05) is 18.0 Å². The van der Waals surface area contributed by atoms with Crippen LogP contribution < -0.4 is 10.6 Å². The highest BCUT2D eigenvalue weighted by atomic mass is 16.5. The van der Waals surface area contributed by atoms with Crippen LogP contribution in [-0.4, -0.2) is 41.8 Å². The van der Waals surface area contributed by atoms with E-state index in [1.54, 1.807) is 20.8 Å². The van der Waals surface area contributed by atoms with Crippen molar-refractivity contribution in [3.63, 3.8) is 0 Å². The molecule has 0 saturated carbocycles. The standard InChI is InChI=1S/C25H30N2O5/c1-14(23(28)26-17(4)15(2)24(29)30)16(3)27-25(31)32-13-22-20-11-7-5-9-18(20)19-10-6-8-12-21(19)22/h5-12,14-17,22H,13H2,1-4H3,(H,26,28)(H,27,31)(H,29,30). The van der Waals surface area contributed by atoms with Crippen LogP contribution in [0.2, 0.25) is 0 Å². The molecule has 0 saturated heterocycles. The van der Waals surface area contributed by atoms with Crippen molar-refractivity contribution in [2.45, 2.75) is 45.7 Å². The van der Waals surface area contributed by atoms with Gasteiger partial charge in [-0.1, -0.05) is 55.5 Å². The zero-order valence-corrected chi connectivity index (χ0v) is 18.8. The topological polar surface area (TPSA) is 105 Å². The minimum Gasteiger partial charge on any atom is -0.481 e. The first-order valence-electron chi connectivity index (χ1n) is 10.8. The summed E-state index contributed by atoms with van der Waals surface area (Å²) in [5, 5.41) is 14.5. The van der Waals surface area contributed by atoms with Crippen LogP contribution in [0.4, 0.5) is 4.79 Å². The Morgan fingerprint density at radius 3 is 1.88 bits per heavy atom. The Morgan fingerprint density at radius 1 is 0.844 bits per heavy atom. The molecule has 0 fully saturated rings. The molecule has 7 heteroatoms. The third-order valence-electron chi connectivity index (χ3n) is 6.36. The van der Waals surface area contributed by atoms with Crippen molar-refractivity contribution in [2.24, 2.45) is 11.8 Å². The quantitative estimate of drug-likeness (QED) is 0.582. The fourth-order valence-electron chi connectivity index (χ4n) is 3.87. The first-order chi connectivity index (χ1) is 15.2. The molecular formula is C25H30N2O5. The summed E-state index contributed by atoms with van der Waals surface area (Å²) in [7, 11) is 0. The van der Waals surface area contributed by atoms with Gasteiger partial charge < -0.3 is 20.5 Å². The molecule has 0 radical (unpaired) electrons. The van der Waals surface area contributed by atoms with Gasteiger partial charge in [0.05, 0.1) is 11.8 Å². The molecule has 0 bridgehead atoms. The number of carbonyl (C=O) groups is 3. The van der Waals surface area contributed by atoms with E-state index in [2.05, 4.69) is 34.9 Å². The Hall–Kier alpha value is -3.35. The van der Waals surface area contributed by atoms with Gasteiger partial charge in [-0.05, 0) is 43.0 Å². The normalized spacial score (nSPS) is 16.1. The average molecular weight is 439 g/mol. The van der Waals surface area contributed by atoms with Crippen molar-refractivity contribution in [1.82, 2.24) is 10.6 Å². The lowest BCUT2D eigenvalue weighted by atomic mass is 9.98. The number of amides is 2. The molecule has 2 aromatic carbocycles. The van der Waals surface area contributed by atoms with Gasteiger partial charge in [-0.2, -0.15) is 0 Å². The molecule has 0 spiro atoms. The second-order valence-electron chi connectivity index (χ2n) is 8.47. The van der Waals surface area contributed by atoms with Crippen LogP contribution in [-0.2, 0) is 14.3 Å². The smallest absolute Gasteiger partial charge is 0.407 e. The van der Waals surface area contributed by atoms with Crippen molar-refractivity contribution in [3.05, 3.63) is 59.7 Å². The monoisotopic (exact) mass is 438 g/mol. The fourth-order valence-corrected chi connectivity index (χ4v) is 3.87. The number of hydrogen-bond acceptors (Lipinski definition) is 4. The van der Waals surface area contributed by atoms with Crippen molar-refractivity contribution in [3.8, 4) is 11.1 Å². The minimum absolute atomic E-state index is 0.0393. The highest BCUT2D eigenvalue weighted by Gasteiger charge is 2.30. The van der Waals surface area contributed by atoms with Crippen LogP contribution in [0.15, 0.2) is 48.5 Å². The number of fused-ring (bicyclic) bond motifs is 3. The molecule has 170 valence electrons. The van der Waals surface area contributed by atoms with E-state index in [0.29, 0.717) is 0 Å². The zero-order chi connectivity index (χ0) is 23.4. The lowest BCUT2D eigenvalue weighted by Gasteiger charge is -2.24. The maximum Gasteiger partial charge on any atom is 0.407 e. The van der Waals surface area contributed by atoms with Gasteiger partial charge in [0.2, 0.25) is 5.91 Å².